The summed E-state index contributed by atoms with van der Waals surface area (Å²) >= 11 is 19.1. The van der Waals surface area contributed by atoms with Gasteiger partial charge < -0.3 is 15.5 Å². The van der Waals surface area contributed by atoms with Crippen LogP contribution in [0.4, 0.5) is 8.78 Å². The summed E-state index contributed by atoms with van der Waals surface area (Å²) in [5.74, 6) is -2.14. The van der Waals surface area contributed by atoms with Gasteiger partial charge in [-0.3, -0.25) is 9.48 Å². The number of halogens is 5. The molecule has 12 heteroatoms. The number of pyridine rings is 1. The van der Waals surface area contributed by atoms with E-state index in [-0.39, 0.29) is 48.7 Å². The van der Waals surface area contributed by atoms with Crippen molar-refractivity contribution in [2.75, 3.05) is 6.54 Å². The summed E-state index contributed by atoms with van der Waals surface area (Å²) in [6, 6.07) is 14.3. The molecule has 2 aromatic heterocycles. The molecule has 1 amide bonds. The molecule has 7 nitrogen and oxygen atoms in total. The molecule has 2 heterocycles. The van der Waals surface area contributed by atoms with Crippen molar-refractivity contribution in [2.24, 2.45) is 0 Å². The fraction of sp³-hybridized carbons (Fsp3) is 0.242. The van der Waals surface area contributed by atoms with Gasteiger partial charge in [0.05, 0.1) is 38.9 Å². The maximum atomic E-state index is 16.0. The van der Waals surface area contributed by atoms with E-state index in [9.17, 15) is 19.4 Å². The van der Waals surface area contributed by atoms with Crippen molar-refractivity contribution in [3.05, 3.63) is 116 Å². The largest absolute Gasteiger partial charge is 0.386 e. The van der Waals surface area contributed by atoms with Crippen LogP contribution in [0.2, 0.25) is 15.1 Å². The van der Waals surface area contributed by atoms with Crippen molar-refractivity contribution in [3.8, 4) is 11.3 Å². The van der Waals surface area contributed by atoms with Gasteiger partial charge in [0, 0.05) is 28.3 Å². The predicted octanol–water partition coefficient (Wildman–Crippen LogP) is 7.56. The molecule has 1 saturated carbocycles. The SMILES string of the molecule is CC(C)(O)c1cc([C@@](O)(CNC(=O)c2cc(Cl)c3nn(C4CC4)cc3c2)c2cccc(F)c2)nc(-c2cccc(Cl)c2Cl)c1F. The number of hydrogen-bond acceptors (Lipinski definition) is 5. The minimum atomic E-state index is -2.21. The minimum Gasteiger partial charge on any atom is -0.386 e. The number of nitrogens with one attached hydrogen (secondary N) is 1. The van der Waals surface area contributed by atoms with Gasteiger partial charge in [0.15, 0.2) is 5.82 Å². The Kier molecular flexibility index (Phi) is 8.12. The molecule has 3 aromatic carbocycles. The van der Waals surface area contributed by atoms with Crippen LogP contribution in [-0.2, 0) is 11.2 Å². The molecular weight excluding hydrogens is 645 g/mol. The first kappa shape index (κ1) is 31.4. The summed E-state index contributed by atoms with van der Waals surface area (Å²) in [6.45, 7) is 2.22. The van der Waals surface area contributed by atoms with Crippen molar-refractivity contribution in [1.29, 1.82) is 0 Å². The average Bonchev–Trinajstić information content (AvgIpc) is 3.75. The summed E-state index contributed by atoms with van der Waals surface area (Å²) in [5.41, 5.74) is -3.76. The molecule has 0 spiro atoms. The molecule has 3 N–H and O–H groups in total. The van der Waals surface area contributed by atoms with E-state index in [1.807, 2.05) is 10.9 Å². The van der Waals surface area contributed by atoms with Gasteiger partial charge in [0.1, 0.15) is 22.6 Å². The van der Waals surface area contributed by atoms with Gasteiger partial charge in [0.2, 0.25) is 0 Å². The Morgan fingerprint density at radius 1 is 1.02 bits per heavy atom. The van der Waals surface area contributed by atoms with Gasteiger partial charge in [0.25, 0.3) is 5.91 Å². The first-order chi connectivity index (χ1) is 21.3. The number of benzene rings is 3. The van der Waals surface area contributed by atoms with Crippen LogP contribution >= 0.6 is 34.8 Å². The monoisotopic (exact) mass is 670 g/mol. The average molecular weight is 672 g/mol. The maximum Gasteiger partial charge on any atom is 0.251 e. The molecule has 0 bridgehead atoms. The normalized spacial score (nSPS) is 14.9. The van der Waals surface area contributed by atoms with Crippen LogP contribution < -0.4 is 5.32 Å². The quantitative estimate of drug-likeness (QED) is 0.158. The number of amides is 1. The highest BCUT2D eigenvalue weighted by Gasteiger charge is 2.38. The smallest absolute Gasteiger partial charge is 0.251 e. The van der Waals surface area contributed by atoms with E-state index < -0.39 is 35.3 Å². The van der Waals surface area contributed by atoms with Gasteiger partial charge in [-0.1, -0.05) is 59.1 Å². The fourth-order valence-corrected chi connectivity index (χ4v) is 5.87. The third kappa shape index (κ3) is 6.03. The number of aliphatic hydroxyl groups is 2. The first-order valence-electron chi connectivity index (χ1n) is 14.1. The van der Waals surface area contributed by atoms with Crippen molar-refractivity contribution < 1.29 is 23.8 Å². The lowest BCUT2D eigenvalue weighted by Crippen LogP contribution is -2.43. The molecule has 1 aliphatic rings. The number of hydrogen-bond donors (Lipinski definition) is 3. The lowest BCUT2D eigenvalue weighted by atomic mass is 9.86. The number of aromatic nitrogens is 3. The van der Waals surface area contributed by atoms with Gasteiger partial charge in [-0.15, -0.1) is 0 Å². The molecule has 0 saturated heterocycles. The predicted molar refractivity (Wildman–Crippen MR) is 170 cm³/mol. The van der Waals surface area contributed by atoms with E-state index in [1.54, 1.807) is 12.1 Å². The molecule has 0 aliphatic heterocycles. The topological polar surface area (TPSA) is 100 Å². The van der Waals surface area contributed by atoms with Gasteiger partial charge >= 0.3 is 0 Å². The van der Waals surface area contributed by atoms with Crippen LogP contribution in [0.1, 0.15) is 59.9 Å². The molecule has 45 heavy (non-hydrogen) atoms. The van der Waals surface area contributed by atoms with Gasteiger partial charge in [-0.2, -0.15) is 5.10 Å². The van der Waals surface area contributed by atoms with Crippen molar-refractivity contribution >= 4 is 51.6 Å². The summed E-state index contributed by atoms with van der Waals surface area (Å²) in [5, 5.41) is 31.6. The Hall–Kier alpha value is -3.60. The summed E-state index contributed by atoms with van der Waals surface area (Å²) in [6.07, 6.45) is 3.88. The van der Waals surface area contributed by atoms with E-state index in [4.69, 9.17) is 34.8 Å². The van der Waals surface area contributed by atoms with Crippen molar-refractivity contribution in [3.63, 3.8) is 0 Å². The standard InChI is InChI=1S/C33H27Cl3F2N4O3/c1-32(2,44)23-14-26(40-30(28(23)38)22-7-4-8-24(34)27(22)36)33(45,19-5-3-6-20(37)13-19)16-39-31(43)17-11-18-15-42(21-9-10-21)41-29(18)25(35)12-17/h3-8,11-15,21,44-45H,9-10,16H2,1-2H3,(H,39,43)/t33-/m1/s1. The molecule has 1 fully saturated rings. The number of carbonyl (C=O) groups is 1. The highest BCUT2D eigenvalue weighted by molar-refractivity contribution is 6.43. The summed E-state index contributed by atoms with van der Waals surface area (Å²) < 4.78 is 32.4. The molecule has 0 unspecified atom stereocenters. The fourth-order valence-electron chi connectivity index (χ4n) is 5.22. The zero-order chi connectivity index (χ0) is 32.3. The van der Waals surface area contributed by atoms with E-state index in [1.165, 1.54) is 56.3 Å². The maximum absolute atomic E-state index is 16.0. The van der Waals surface area contributed by atoms with Crippen LogP contribution in [0.25, 0.3) is 22.2 Å². The Morgan fingerprint density at radius 3 is 2.44 bits per heavy atom. The van der Waals surface area contributed by atoms with Crippen molar-refractivity contribution in [1.82, 2.24) is 20.1 Å². The Labute approximate surface area is 272 Å². The Morgan fingerprint density at radius 2 is 1.76 bits per heavy atom. The first-order valence-corrected chi connectivity index (χ1v) is 15.2. The molecule has 1 aliphatic carbocycles. The highest BCUT2D eigenvalue weighted by Crippen LogP contribution is 2.40. The van der Waals surface area contributed by atoms with Crippen LogP contribution in [0.15, 0.2) is 66.9 Å². The highest BCUT2D eigenvalue weighted by atomic mass is 35.5. The lowest BCUT2D eigenvalue weighted by Gasteiger charge is -2.31. The zero-order valence-corrected chi connectivity index (χ0v) is 26.4. The van der Waals surface area contributed by atoms with Crippen molar-refractivity contribution in [2.45, 2.75) is 43.9 Å². The third-order valence-electron chi connectivity index (χ3n) is 7.82. The number of nitrogens with zero attached hydrogens (tertiary/aromatic N) is 3. The second kappa shape index (κ2) is 11.6. The minimum absolute atomic E-state index is 0.00397. The number of fused-ring (bicyclic) bond motifs is 1. The van der Waals surface area contributed by atoms with E-state index in [0.29, 0.717) is 16.9 Å². The molecule has 5 aromatic rings. The summed E-state index contributed by atoms with van der Waals surface area (Å²) in [7, 11) is 0. The zero-order valence-electron chi connectivity index (χ0n) is 24.1. The van der Waals surface area contributed by atoms with E-state index in [0.717, 1.165) is 18.9 Å². The lowest BCUT2D eigenvalue weighted by molar-refractivity contribution is 0.0624. The molecule has 0 radical (unpaired) electrons. The second-order valence-corrected chi connectivity index (χ2v) is 12.9. The second-order valence-electron chi connectivity index (χ2n) is 11.7. The van der Waals surface area contributed by atoms with Crippen LogP contribution in [0, 0.1) is 11.6 Å². The van der Waals surface area contributed by atoms with E-state index in [2.05, 4.69) is 15.4 Å². The Balaban J connectivity index is 1.45. The molecule has 232 valence electrons. The van der Waals surface area contributed by atoms with Crippen LogP contribution in [0.5, 0.6) is 0 Å². The van der Waals surface area contributed by atoms with Gasteiger partial charge in [-0.25, -0.2) is 13.8 Å². The molecule has 6 rings (SSSR count). The van der Waals surface area contributed by atoms with E-state index >= 15 is 4.39 Å². The van der Waals surface area contributed by atoms with Crippen LogP contribution in [0.3, 0.4) is 0 Å². The number of rotatable bonds is 8. The van der Waals surface area contributed by atoms with Crippen LogP contribution in [-0.4, -0.2) is 37.4 Å². The molecule has 1 atom stereocenters. The number of carbonyl (C=O) groups excluding carboxylic acids is 1. The van der Waals surface area contributed by atoms with Gasteiger partial charge in [-0.05, 0) is 68.7 Å². The Bertz CT molecular complexity index is 1970. The third-order valence-corrected chi connectivity index (χ3v) is 8.92. The summed E-state index contributed by atoms with van der Waals surface area (Å²) in [4.78, 5) is 17.9. The molecular formula is C33H27Cl3F2N4O3.